The summed E-state index contributed by atoms with van der Waals surface area (Å²) in [6.07, 6.45) is 3.32. The predicted molar refractivity (Wildman–Crippen MR) is 130 cm³/mol. The van der Waals surface area contributed by atoms with E-state index in [1.165, 1.54) is 0 Å². The van der Waals surface area contributed by atoms with E-state index < -0.39 is 16.1 Å². The summed E-state index contributed by atoms with van der Waals surface area (Å²) >= 11 is 0. The Morgan fingerprint density at radius 1 is 0.774 bits per heavy atom. The zero-order valence-electron chi connectivity index (χ0n) is 18.3. The smallest absolute Gasteiger partial charge is 0.241 e. The van der Waals surface area contributed by atoms with Gasteiger partial charge in [-0.05, 0) is 43.1 Å². The highest BCUT2D eigenvalue weighted by atomic mass is 32.2. The molecule has 0 bridgehead atoms. The van der Waals surface area contributed by atoms with Crippen LogP contribution in [-0.2, 0) is 10.0 Å². The zero-order valence-corrected chi connectivity index (χ0v) is 19.1. The quantitative estimate of drug-likeness (QED) is 0.352. The second-order valence-electron chi connectivity index (χ2n) is 7.87. The number of sulfonamides is 1. The number of hydrogen-bond acceptors (Lipinski definition) is 3. The monoisotopic (exact) mass is 434 g/mol. The molecule has 0 spiro atoms. The SMILES string of the molecule is BCCCCN[C@H](c1ccccc1)[C@H](NS(=O)(=O)c1ccc(C)cc1)c1ccccc1. The average Bonchev–Trinajstić information content (AvgIpc) is 2.79. The molecule has 0 aromatic heterocycles. The van der Waals surface area contributed by atoms with E-state index in [0.29, 0.717) is 0 Å². The van der Waals surface area contributed by atoms with Crippen molar-refractivity contribution in [2.24, 2.45) is 0 Å². The van der Waals surface area contributed by atoms with Crippen molar-refractivity contribution in [2.45, 2.75) is 43.1 Å². The third kappa shape index (κ3) is 6.54. The second-order valence-corrected chi connectivity index (χ2v) is 9.59. The highest BCUT2D eigenvalue weighted by Crippen LogP contribution is 2.31. The van der Waals surface area contributed by atoms with Crippen molar-refractivity contribution in [3.05, 3.63) is 102 Å². The molecular weight excluding hydrogens is 403 g/mol. The standard InChI is InChI=1S/C25H31BN2O2S/c1-20-14-16-23(17-15-20)31(29,30)28-25(22-12-6-3-7-13-22)24(27-19-9-8-18-26)21-10-4-2-5-11-21/h2-7,10-17,24-25,27-28H,8-9,18-19,26H2,1H3/t24-,25-/m1/s1. The number of aryl methyl sites for hydroxylation is 1. The molecule has 0 aliphatic heterocycles. The summed E-state index contributed by atoms with van der Waals surface area (Å²) in [5.41, 5.74) is 3.01. The molecule has 2 atom stereocenters. The van der Waals surface area contributed by atoms with E-state index >= 15 is 0 Å². The summed E-state index contributed by atoms with van der Waals surface area (Å²) in [5.74, 6) is 0. The summed E-state index contributed by atoms with van der Waals surface area (Å²) in [6.45, 7) is 2.77. The van der Waals surface area contributed by atoms with Crippen molar-refractivity contribution in [1.29, 1.82) is 0 Å². The Morgan fingerprint density at radius 3 is 1.87 bits per heavy atom. The molecule has 0 amide bonds. The van der Waals surface area contributed by atoms with Crippen LogP contribution >= 0.6 is 0 Å². The van der Waals surface area contributed by atoms with Crippen molar-refractivity contribution < 1.29 is 8.42 Å². The Hall–Kier alpha value is -2.41. The van der Waals surface area contributed by atoms with Crippen LogP contribution in [0.25, 0.3) is 0 Å². The normalized spacial score (nSPS) is 13.6. The number of nitrogens with one attached hydrogen (secondary N) is 2. The summed E-state index contributed by atoms with van der Waals surface area (Å²) in [5, 5.41) is 3.63. The van der Waals surface area contributed by atoms with E-state index in [-0.39, 0.29) is 10.9 Å². The molecule has 0 heterocycles. The summed E-state index contributed by atoms with van der Waals surface area (Å²) in [6, 6.07) is 26.2. The molecule has 0 saturated heterocycles. The molecule has 3 aromatic carbocycles. The van der Waals surface area contributed by atoms with Crippen LogP contribution in [0.1, 0.15) is 41.6 Å². The number of unbranched alkanes of at least 4 members (excludes halogenated alkanes) is 1. The minimum atomic E-state index is -3.70. The summed E-state index contributed by atoms with van der Waals surface area (Å²) < 4.78 is 29.6. The molecule has 0 radical (unpaired) electrons. The fourth-order valence-electron chi connectivity index (χ4n) is 3.66. The highest BCUT2D eigenvalue weighted by Gasteiger charge is 2.29. The lowest BCUT2D eigenvalue weighted by Crippen LogP contribution is -2.39. The van der Waals surface area contributed by atoms with Gasteiger partial charge in [-0.1, -0.05) is 91.1 Å². The summed E-state index contributed by atoms with van der Waals surface area (Å²) in [4.78, 5) is 0.275. The van der Waals surface area contributed by atoms with Gasteiger partial charge in [-0.25, -0.2) is 13.1 Å². The van der Waals surface area contributed by atoms with E-state index in [1.54, 1.807) is 12.1 Å². The van der Waals surface area contributed by atoms with Crippen molar-refractivity contribution in [3.63, 3.8) is 0 Å². The fourth-order valence-corrected chi connectivity index (χ4v) is 4.90. The lowest BCUT2D eigenvalue weighted by Gasteiger charge is -2.30. The van der Waals surface area contributed by atoms with Crippen LogP contribution in [0.2, 0.25) is 6.32 Å². The van der Waals surface area contributed by atoms with Gasteiger partial charge in [0, 0.05) is 0 Å². The van der Waals surface area contributed by atoms with E-state index in [9.17, 15) is 8.42 Å². The van der Waals surface area contributed by atoms with E-state index in [0.717, 1.165) is 42.4 Å². The van der Waals surface area contributed by atoms with Crippen LogP contribution in [0.5, 0.6) is 0 Å². The Kier molecular flexibility index (Phi) is 8.47. The highest BCUT2D eigenvalue weighted by molar-refractivity contribution is 7.89. The molecule has 31 heavy (non-hydrogen) atoms. The first-order chi connectivity index (χ1) is 15.0. The van der Waals surface area contributed by atoms with Crippen molar-refractivity contribution in [1.82, 2.24) is 10.0 Å². The number of rotatable bonds is 11. The van der Waals surface area contributed by atoms with E-state index in [1.807, 2.05) is 79.7 Å². The van der Waals surface area contributed by atoms with Gasteiger partial charge in [-0.15, -0.1) is 0 Å². The molecule has 0 aliphatic rings. The minimum absolute atomic E-state index is 0.194. The lowest BCUT2D eigenvalue weighted by molar-refractivity contribution is 0.419. The van der Waals surface area contributed by atoms with Gasteiger partial charge in [-0.2, -0.15) is 0 Å². The first kappa shape index (κ1) is 23.3. The molecule has 2 N–H and O–H groups in total. The predicted octanol–water partition coefficient (Wildman–Crippen LogP) is 4.18. The topological polar surface area (TPSA) is 58.2 Å². The van der Waals surface area contributed by atoms with Crippen molar-refractivity contribution in [3.8, 4) is 0 Å². The molecule has 0 aliphatic carbocycles. The molecular formula is C25H31BN2O2S. The van der Waals surface area contributed by atoms with Gasteiger partial charge in [-0.3, -0.25) is 0 Å². The van der Waals surface area contributed by atoms with Gasteiger partial charge in [0.1, 0.15) is 7.85 Å². The second kappa shape index (κ2) is 11.3. The first-order valence-electron chi connectivity index (χ1n) is 10.9. The number of benzene rings is 3. The van der Waals surface area contributed by atoms with E-state index in [4.69, 9.17) is 0 Å². The van der Waals surface area contributed by atoms with Crippen LogP contribution < -0.4 is 10.0 Å². The molecule has 6 heteroatoms. The zero-order chi connectivity index (χ0) is 22.1. The third-order valence-corrected chi connectivity index (χ3v) is 6.87. The first-order valence-corrected chi connectivity index (χ1v) is 12.4. The Morgan fingerprint density at radius 2 is 1.32 bits per heavy atom. The Labute approximate surface area is 187 Å². The maximum Gasteiger partial charge on any atom is 0.241 e. The Bertz CT molecular complexity index is 1030. The molecule has 3 aromatic rings. The van der Waals surface area contributed by atoms with E-state index in [2.05, 4.69) is 17.9 Å². The number of hydrogen-bond donors (Lipinski definition) is 2. The van der Waals surface area contributed by atoms with Gasteiger partial charge in [0.2, 0.25) is 10.0 Å². The van der Waals surface area contributed by atoms with Crippen molar-refractivity contribution in [2.75, 3.05) is 6.54 Å². The fraction of sp³-hybridized carbons (Fsp3) is 0.280. The van der Waals surface area contributed by atoms with Gasteiger partial charge in [0.25, 0.3) is 0 Å². The van der Waals surface area contributed by atoms with Crippen LogP contribution in [0, 0.1) is 6.92 Å². The van der Waals surface area contributed by atoms with Crippen LogP contribution in [-0.4, -0.2) is 22.8 Å². The molecule has 3 rings (SSSR count). The molecule has 162 valence electrons. The largest absolute Gasteiger partial charge is 0.308 e. The molecule has 4 nitrogen and oxygen atoms in total. The minimum Gasteiger partial charge on any atom is -0.308 e. The van der Waals surface area contributed by atoms with Gasteiger partial charge in [0.05, 0.1) is 17.0 Å². The van der Waals surface area contributed by atoms with Gasteiger partial charge < -0.3 is 5.32 Å². The molecule has 0 unspecified atom stereocenters. The lowest BCUT2D eigenvalue weighted by atomic mass is 9.93. The summed E-state index contributed by atoms with van der Waals surface area (Å²) in [7, 11) is -1.52. The maximum absolute atomic E-state index is 13.3. The van der Waals surface area contributed by atoms with Gasteiger partial charge >= 0.3 is 0 Å². The van der Waals surface area contributed by atoms with Crippen LogP contribution in [0.4, 0.5) is 0 Å². The Balaban J connectivity index is 1.98. The van der Waals surface area contributed by atoms with Crippen molar-refractivity contribution >= 4 is 17.9 Å². The van der Waals surface area contributed by atoms with Crippen LogP contribution in [0.3, 0.4) is 0 Å². The van der Waals surface area contributed by atoms with Crippen LogP contribution in [0.15, 0.2) is 89.8 Å². The third-order valence-electron chi connectivity index (χ3n) is 5.41. The average molecular weight is 434 g/mol. The maximum atomic E-state index is 13.3. The molecule has 0 saturated carbocycles. The van der Waals surface area contributed by atoms with Gasteiger partial charge in [0.15, 0.2) is 0 Å². The molecule has 0 fully saturated rings.